The Kier molecular flexibility index (Phi) is 3.34. The molecule has 0 aliphatic rings. The Morgan fingerprint density at radius 1 is 0.944 bits per heavy atom. The Balaban J connectivity index is 2.48. The molecule has 18 heavy (non-hydrogen) atoms. The third-order valence-corrected chi connectivity index (χ3v) is 3.11. The van der Waals surface area contributed by atoms with E-state index in [2.05, 4.69) is 15.9 Å². The van der Waals surface area contributed by atoms with Crippen LogP contribution in [-0.2, 0) is 6.18 Å². The summed E-state index contributed by atoms with van der Waals surface area (Å²) in [5.74, 6) is 0.0470. The van der Waals surface area contributed by atoms with Crippen molar-refractivity contribution in [3.8, 4) is 16.9 Å². The first kappa shape index (κ1) is 13.0. The molecule has 2 aromatic rings. The van der Waals surface area contributed by atoms with Crippen molar-refractivity contribution in [2.75, 3.05) is 0 Å². The summed E-state index contributed by atoms with van der Waals surface area (Å²) in [4.78, 5) is 0. The molecule has 0 heterocycles. The van der Waals surface area contributed by atoms with Gasteiger partial charge in [-0.25, -0.2) is 0 Å². The van der Waals surface area contributed by atoms with Crippen LogP contribution in [0.25, 0.3) is 11.1 Å². The molecule has 0 spiro atoms. The highest BCUT2D eigenvalue weighted by molar-refractivity contribution is 9.10. The Morgan fingerprint density at radius 2 is 1.61 bits per heavy atom. The van der Waals surface area contributed by atoms with Crippen LogP contribution in [-0.4, -0.2) is 5.11 Å². The number of hydrogen-bond acceptors (Lipinski definition) is 1. The molecule has 0 saturated carbocycles. The number of rotatable bonds is 1. The molecule has 2 rings (SSSR count). The van der Waals surface area contributed by atoms with E-state index in [1.54, 1.807) is 18.2 Å². The molecule has 0 aliphatic carbocycles. The average molecular weight is 317 g/mol. The lowest BCUT2D eigenvalue weighted by molar-refractivity contribution is -0.137. The summed E-state index contributed by atoms with van der Waals surface area (Å²) in [6, 6.07) is 9.63. The number of hydrogen-bond donors (Lipinski definition) is 1. The van der Waals surface area contributed by atoms with Gasteiger partial charge in [0.25, 0.3) is 0 Å². The Morgan fingerprint density at radius 3 is 2.22 bits per heavy atom. The van der Waals surface area contributed by atoms with Crippen LogP contribution >= 0.6 is 15.9 Å². The third kappa shape index (κ3) is 2.67. The van der Waals surface area contributed by atoms with Gasteiger partial charge in [-0.05, 0) is 51.3 Å². The number of benzene rings is 2. The fourth-order valence-corrected chi connectivity index (χ4v) is 1.94. The molecule has 1 N–H and O–H groups in total. The van der Waals surface area contributed by atoms with Gasteiger partial charge >= 0.3 is 6.18 Å². The summed E-state index contributed by atoms with van der Waals surface area (Å²) >= 11 is 3.13. The normalized spacial score (nSPS) is 11.6. The maximum atomic E-state index is 12.6. The maximum absolute atomic E-state index is 12.6. The van der Waals surface area contributed by atoms with Gasteiger partial charge in [-0.1, -0.05) is 18.2 Å². The van der Waals surface area contributed by atoms with E-state index in [1.807, 2.05) is 0 Å². The standard InChI is InChI=1S/C13H8BrF3O/c14-11-7-9(4-5-12(11)18)8-2-1-3-10(6-8)13(15,16)17/h1-7,18H. The van der Waals surface area contributed by atoms with Gasteiger partial charge in [0.05, 0.1) is 10.0 Å². The molecule has 0 unspecified atom stereocenters. The van der Waals surface area contributed by atoms with Crippen molar-refractivity contribution in [2.45, 2.75) is 6.18 Å². The van der Waals surface area contributed by atoms with Gasteiger partial charge in [-0.2, -0.15) is 13.2 Å². The summed E-state index contributed by atoms with van der Waals surface area (Å²) in [5, 5.41) is 9.35. The summed E-state index contributed by atoms with van der Waals surface area (Å²) < 4.78 is 38.2. The smallest absolute Gasteiger partial charge is 0.416 e. The fraction of sp³-hybridized carbons (Fsp3) is 0.0769. The second-order valence-electron chi connectivity index (χ2n) is 3.74. The molecule has 0 aromatic heterocycles. The molecular formula is C13H8BrF3O. The van der Waals surface area contributed by atoms with E-state index < -0.39 is 11.7 Å². The zero-order chi connectivity index (χ0) is 13.3. The van der Waals surface area contributed by atoms with E-state index in [9.17, 15) is 18.3 Å². The fourth-order valence-electron chi connectivity index (χ4n) is 1.56. The van der Waals surface area contributed by atoms with Gasteiger partial charge < -0.3 is 5.11 Å². The molecule has 5 heteroatoms. The van der Waals surface area contributed by atoms with E-state index in [0.29, 0.717) is 15.6 Å². The molecule has 0 bridgehead atoms. The summed E-state index contributed by atoms with van der Waals surface area (Å²) in [6.07, 6.45) is -4.36. The minimum atomic E-state index is -4.36. The molecular weight excluding hydrogens is 309 g/mol. The van der Waals surface area contributed by atoms with Gasteiger partial charge in [-0.15, -0.1) is 0 Å². The van der Waals surface area contributed by atoms with Crippen LogP contribution in [0.1, 0.15) is 5.56 Å². The molecule has 0 radical (unpaired) electrons. The van der Waals surface area contributed by atoms with Crippen LogP contribution < -0.4 is 0 Å². The Labute approximate surface area is 110 Å². The van der Waals surface area contributed by atoms with E-state index in [0.717, 1.165) is 12.1 Å². The van der Waals surface area contributed by atoms with Crippen molar-refractivity contribution < 1.29 is 18.3 Å². The lowest BCUT2D eigenvalue weighted by Crippen LogP contribution is -2.04. The topological polar surface area (TPSA) is 20.2 Å². The van der Waals surface area contributed by atoms with Crippen molar-refractivity contribution in [1.29, 1.82) is 0 Å². The lowest BCUT2D eigenvalue weighted by atomic mass is 10.0. The van der Waals surface area contributed by atoms with Crippen LogP contribution in [0.2, 0.25) is 0 Å². The Bertz CT molecular complexity index is 579. The largest absolute Gasteiger partial charge is 0.507 e. The van der Waals surface area contributed by atoms with Gasteiger partial charge in [0.15, 0.2) is 0 Å². The van der Waals surface area contributed by atoms with E-state index in [-0.39, 0.29) is 5.75 Å². The molecule has 0 atom stereocenters. The predicted molar refractivity (Wildman–Crippen MR) is 66.2 cm³/mol. The summed E-state index contributed by atoms with van der Waals surface area (Å²) in [6.45, 7) is 0. The minimum Gasteiger partial charge on any atom is -0.507 e. The SMILES string of the molecule is Oc1ccc(-c2cccc(C(F)(F)F)c2)cc1Br. The molecule has 94 valence electrons. The number of phenols is 1. The van der Waals surface area contributed by atoms with Gasteiger partial charge in [-0.3, -0.25) is 0 Å². The van der Waals surface area contributed by atoms with Crippen LogP contribution in [0, 0.1) is 0 Å². The summed E-state index contributed by atoms with van der Waals surface area (Å²) in [5.41, 5.74) is 0.362. The second kappa shape index (κ2) is 4.65. The zero-order valence-corrected chi connectivity index (χ0v) is 10.6. The highest BCUT2D eigenvalue weighted by atomic mass is 79.9. The molecule has 0 saturated heterocycles. The lowest BCUT2D eigenvalue weighted by Gasteiger charge is -2.09. The molecule has 2 aromatic carbocycles. The van der Waals surface area contributed by atoms with Crippen LogP contribution in [0.5, 0.6) is 5.75 Å². The number of aromatic hydroxyl groups is 1. The highest BCUT2D eigenvalue weighted by Crippen LogP contribution is 2.34. The van der Waals surface area contributed by atoms with Gasteiger partial charge in [0.1, 0.15) is 5.75 Å². The quantitative estimate of drug-likeness (QED) is 0.798. The Hall–Kier alpha value is -1.49. The zero-order valence-electron chi connectivity index (χ0n) is 9.00. The first-order valence-corrected chi connectivity index (χ1v) is 5.83. The third-order valence-electron chi connectivity index (χ3n) is 2.47. The predicted octanol–water partition coefficient (Wildman–Crippen LogP) is 4.84. The number of halogens is 4. The van der Waals surface area contributed by atoms with Crippen LogP contribution in [0.3, 0.4) is 0 Å². The first-order valence-electron chi connectivity index (χ1n) is 5.04. The first-order chi connectivity index (χ1) is 8.38. The van der Waals surface area contributed by atoms with Crippen molar-refractivity contribution >= 4 is 15.9 Å². The number of phenolic OH excluding ortho intramolecular Hbond substituents is 1. The van der Waals surface area contributed by atoms with Crippen molar-refractivity contribution in [1.82, 2.24) is 0 Å². The highest BCUT2D eigenvalue weighted by Gasteiger charge is 2.30. The van der Waals surface area contributed by atoms with Gasteiger partial charge in [0.2, 0.25) is 0 Å². The summed E-state index contributed by atoms with van der Waals surface area (Å²) in [7, 11) is 0. The maximum Gasteiger partial charge on any atom is 0.416 e. The van der Waals surface area contributed by atoms with Gasteiger partial charge in [0, 0.05) is 0 Å². The molecule has 0 aliphatic heterocycles. The number of alkyl halides is 3. The molecule has 0 fully saturated rings. The van der Waals surface area contributed by atoms with E-state index in [1.165, 1.54) is 12.1 Å². The molecule has 0 amide bonds. The van der Waals surface area contributed by atoms with Crippen LogP contribution in [0.15, 0.2) is 46.9 Å². The van der Waals surface area contributed by atoms with E-state index >= 15 is 0 Å². The van der Waals surface area contributed by atoms with Crippen molar-refractivity contribution in [2.24, 2.45) is 0 Å². The minimum absolute atomic E-state index is 0.0470. The average Bonchev–Trinajstić information content (AvgIpc) is 2.32. The monoisotopic (exact) mass is 316 g/mol. The second-order valence-corrected chi connectivity index (χ2v) is 4.60. The van der Waals surface area contributed by atoms with Crippen molar-refractivity contribution in [3.05, 3.63) is 52.5 Å². The van der Waals surface area contributed by atoms with Crippen molar-refractivity contribution in [3.63, 3.8) is 0 Å². The molecule has 1 nitrogen and oxygen atoms in total. The van der Waals surface area contributed by atoms with Crippen LogP contribution in [0.4, 0.5) is 13.2 Å². The van der Waals surface area contributed by atoms with E-state index in [4.69, 9.17) is 0 Å².